The summed E-state index contributed by atoms with van der Waals surface area (Å²) in [7, 11) is 0. The molecular formula is C20H19FO5. The number of carbonyl (C=O) groups excluding carboxylic acids is 3. The van der Waals surface area contributed by atoms with Gasteiger partial charge in [0.15, 0.2) is 18.2 Å². The zero-order valence-electron chi connectivity index (χ0n) is 14.4. The SMILES string of the molecule is CCOc1ccc(C(=O)CCC(=O)OCC(=O)c2ccc(F)cc2)cc1. The molecule has 2 rings (SSSR count). The van der Waals surface area contributed by atoms with Crippen LogP contribution in [0.1, 0.15) is 40.5 Å². The van der Waals surface area contributed by atoms with Crippen LogP contribution in [0.3, 0.4) is 0 Å². The molecule has 0 atom stereocenters. The molecule has 0 aliphatic heterocycles. The molecule has 0 amide bonds. The van der Waals surface area contributed by atoms with Crippen LogP contribution in [-0.4, -0.2) is 30.7 Å². The van der Waals surface area contributed by atoms with E-state index in [0.29, 0.717) is 17.9 Å². The minimum absolute atomic E-state index is 0.0163. The van der Waals surface area contributed by atoms with Crippen LogP contribution in [-0.2, 0) is 9.53 Å². The molecule has 0 bridgehead atoms. The standard InChI is InChI=1S/C20H19FO5/c1-2-25-17-9-5-14(6-10-17)18(22)11-12-20(24)26-13-19(23)15-3-7-16(21)8-4-15/h3-10H,2,11-13H2,1H3. The lowest BCUT2D eigenvalue weighted by atomic mass is 10.1. The van der Waals surface area contributed by atoms with Crippen molar-refractivity contribution in [2.45, 2.75) is 19.8 Å². The zero-order chi connectivity index (χ0) is 18.9. The monoisotopic (exact) mass is 358 g/mol. The molecule has 0 saturated carbocycles. The van der Waals surface area contributed by atoms with Gasteiger partial charge in [0.25, 0.3) is 0 Å². The van der Waals surface area contributed by atoms with E-state index in [9.17, 15) is 18.8 Å². The van der Waals surface area contributed by atoms with E-state index >= 15 is 0 Å². The zero-order valence-corrected chi connectivity index (χ0v) is 14.4. The fourth-order valence-corrected chi connectivity index (χ4v) is 2.20. The number of Topliss-reactive ketones (excluding diaryl/α,β-unsaturated/α-hetero) is 2. The number of benzene rings is 2. The fourth-order valence-electron chi connectivity index (χ4n) is 2.20. The Morgan fingerprint density at radius 2 is 1.42 bits per heavy atom. The molecule has 26 heavy (non-hydrogen) atoms. The number of esters is 1. The summed E-state index contributed by atoms with van der Waals surface area (Å²) < 4.78 is 23.0. The van der Waals surface area contributed by atoms with Gasteiger partial charge in [-0.15, -0.1) is 0 Å². The Kier molecular flexibility index (Phi) is 7.02. The molecule has 0 heterocycles. The maximum absolute atomic E-state index is 12.8. The molecule has 0 fully saturated rings. The predicted octanol–water partition coefficient (Wildman–Crippen LogP) is 3.61. The number of rotatable bonds is 9. The van der Waals surface area contributed by atoms with Crippen molar-refractivity contribution < 1.29 is 28.2 Å². The van der Waals surface area contributed by atoms with Gasteiger partial charge >= 0.3 is 5.97 Å². The molecule has 0 unspecified atom stereocenters. The number of ketones is 2. The van der Waals surface area contributed by atoms with Gasteiger partial charge in [0.05, 0.1) is 13.0 Å². The Bertz CT molecular complexity index is 766. The van der Waals surface area contributed by atoms with Crippen LogP contribution < -0.4 is 4.74 Å². The summed E-state index contributed by atoms with van der Waals surface area (Å²) in [5.41, 5.74) is 0.730. The first-order valence-electron chi connectivity index (χ1n) is 8.20. The van der Waals surface area contributed by atoms with Crippen molar-refractivity contribution in [2.24, 2.45) is 0 Å². The second-order valence-electron chi connectivity index (χ2n) is 5.47. The van der Waals surface area contributed by atoms with Crippen molar-refractivity contribution in [1.82, 2.24) is 0 Å². The van der Waals surface area contributed by atoms with Crippen molar-refractivity contribution in [3.05, 3.63) is 65.5 Å². The molecule has 0 aliphatic carbocycles. The maximum Gasteiger partial charge on any atom is 0.306 e. The van der Waals surface area contributed by atoms with Crippen molar-refractivity contribution >= 4 is 17.5 Å². The van der Waals surface area contributed by atoms with Gasteiger partial charge in [0.2, 0.25) is 0 Å². The lowest BCUT2D eigenvalue weighted by molar-refractivity contribution is -0.142. The summed E-state index contributed by atoms with van der Waals surface area (Å²) in [5, 5.41) is 0. The number of hydrogen-bond donors (Lipinski definition) is 0. The number of ether oxygens (including phenoxy) is 2. The molecule has 0 N–H and O–H groups in total. The number of hydrogen-bond acceptors (Lipinski definition) is 5. The van der Waals surface area contributed by atoms with Crippen LogP contribution in [0.4, 0.5) is 4.39 Å². The lowest BCUT2D eigenvalue weighted by Gasteiger charge is -2.06. The first-order valence-corrected chi connectivity index (χ1v) is 8.20. The van der Waals surface area contributed by atoms with Gasteiger partial charge in [-0.3, -0.25) is 14.4 Å². The van der Waals surface area contributed by atoms with E-state index in [-0.39, 0.29) is 24.2 Å². The van der Waals surface area contributed by atoms with Crippen molar-refractivity contribution in [2.75, 3.05) is 13.2 Å². The van der Waals surface area contributed by atoms with Crippen LogP contribution in [0, 0.1) is 5.82 Å². The van der Waals surface area contributed by atoms with E-state index < -0.39 is 24.2 Å². The second kappa shape index (κ2) is 9.46. The highest BCUT2D eigenvalue weighted by molar-refractivity contribution is 5.99. The molecule has 0 radical (unpaired) electrons. The summed E-state index contributed by atoms with van der Waals surface area (Å²) >= 11 is 0. The minimum atomic E-state index is -0.639. The molecule has 2 aromatic rings. The van der Waals surface area contributed by atoms with Crippen LogP contribution in [0.5, 0.6) is 5.75 Å². The average Bonchev–Trinajstić information content (AvgIpc) is 2.65. The summed E-state index contributed by atoms with van der Waals surface area (Å²) in [6.45, 7) is 1.96. The van der Waals surface area contributed by atoms with E-state index in [4.69, 9.17) is 9.47 Å². The van der Waals surface area contributed by atoms with E-state index in [2.05, 4.69) is 0 Å². The van der Waals surface area contributed by atoms with E-state index in [1.54, 1.807) is 24.3 Å². The summed E-state index contributed by atoms with van der Waals surface area (Å²) in [6, 6.07) is 11.6. The molecule has 5 nitrogen and oxygen atoms in total. The third kappa shape index (κ3) is 5.81. The molecule has 0 saturated heterocycles. The van der Waals surface area contributed by atoms with Gasteiger partial charge in [-0.1, -0.05) is 0 Å². The van der Waals surface area contributed by atoms with Crippen molar-refractivity contribution in [3.63, 3.8) is 0 Å². The lowest BCUT2D eigenvalue weighted by Crippen LogP contribution is -2.15. The van der Waals surface area contributed by atoms with Gasteiger partial charge in [0.1, 0.15) is 11.6 Å². The molecule has 136 valence electrons. The third-order valence-electron chi connectivity index (χ3n) is 3.57. The van der Waals surface area contributed by atoms with Gasteiger partial charge < -0.3 is 9.47 Å². The van der Waals surface area contributed by atoms with Gasteiger partial charge in [-0.05, 0) is 55.5 Å². The smallest absolute Gasteiger partial charge is 0.306 e. The van der Waals surface area contributed by atoms with Gasteiger partial charge in [-0.2, -0.15) is 0 Å². The molecule has 0 aromatic heterocycles. The Labute approximate surface area is 150 Å². The highest BCUT2D eigenvalue weighted by atomic mass is 19.1. The Balaban J connectivity index is 1.76. The predicted molar refractivity (Wildman–Crippen MR) is 92.9 cm³/mol. The minimum Gasteiger partial charge on any atom is -0.494 e. The maximum atomic E-state index is 12.8. The first kappa shape index (κ1) is 19.3. The van der Waals surface area contributed by atoms with E-state index in [0.717, 1.165) is 12.1 Å². The molecule has 0 spiro atoms. The average molecular weight is 358 g/mol. The second-order valence-corrected chi connectivity index (χ2v) is 5.47. The Hall–Kier alpha value is -3.02. The van der Waals surface area contributed by atoms with Crippen LogP contribution in [0.2, 0.25) is 0 Å². The number of halogens is 1. The molecular weight excluding hydrogens is 339 g/mol. The van der Waals surface area contributed by atoms with Crippen LogP contribution >= 0.6 is 0 Å². The molecule has 0 aliphatic rings. The van der Waals surface area contributed by atoms with E-state index in [1.165, 1.54) is 12.1 Å². The summed E-state index contributed by atoms with van der Waals surface area (Å²) in [4.78, 5) is 35.6. The normalized spacial score (nSPS) is 10.2. The van der Waals surface area contributed by atoms with Crippen molar-refractivity contribution in [3.8, 4) is 5.75 Å². The largest absolute Gasteiger partial charge is 0.494 e. The summed E-state index contributed by atoms with van der Waals surface area (Å²) in [5.74, 6) is -1.06. The van der Waals surface area contributed by atoms with Gasteiger partial charge in [-0.25, -0.2) is 4.39 Å². The van der Waals surface area contributed by atoms with Gasteiger partial charge in [0, 0.05) is 17.5 Å². The first-order chi connectivity index (χ1) is 12.5. The quantitative estimate of drug-likeness (QED) is 0.506. The van der Waals surface area contributed by atoms with E-state index in [1.807, 2.05) is 6.92 Å². The fraction of sp³-hybridized carbons (Fsp3) is 0.250. The summed E-state index contributed by atoms with van der Waals surface area (Å²) in [6.07, 6.45) is -0.139. The Morgan fingerprint density at radius 1 is 0.846 bits per heavy atom. The Morgan fingerprint density at radius 3 is 2.04 bits per heavy atom. The molecule has 6 heteroatoms. The van der Waals surface area contributed by atoms with Crippen LogP contribution in [0.15, 0.2) is 48.5 Å². The third-order valence-corrected chi connectivity index (χ3v) is 3.57. The topological polar surface area (TPSA) is 69.7 Å². The highest BCUT2D eigenvalue weighted by Gasteiger charge is 2.13. The van der Waals surface area contributed by atoms with Crippen LogP contribution in [0.25, 0.3) is 0 Å². The molecule has 2 aromatic carbocycles. The highest BCUT2D eigenvalue weighted by Crippen LogP contribution is 2.14. The van der Waals surface area contributed by atoms with Crippen molar-refractivity contribution in [1.29, 1.82) is 0 Å². The number of carbonyl (C=O) groups is 3.